The van der Waals surface area contributed by atoms with Gasteiger partial charge in [0.25, 0.3) is 0 Å². The third kappa shape index (κ3) is 2.68. The van der Waals surface area contributed by atoms with Gasteiger partial charge in [-0.15, -0.1) is 0 Å². The second kappa shape index (κ2) is 5.81. The highest BCUT2D eigenvalue weighted by Crippen LogP contribution is 2.23. The first kappa shape index (κ1) is 14.2. The molecule has 6 heteroatoms. The standard InChI is InChI=1S/C14H8F5N/c15-10-9(11(16)13(18)14(19)12(10)17)5-1-3-8-4-2-6-20-7-8/h1-4,6-7H,5H2/b3-1+. The fourth-order valence-corrected chi connectivity index (χ4v) is 1.62. The van der Waals surface area contributed by atoms with Crippen molar-refractivity contribution in [1.29, 1.82) is 0 Å². The molecule has 0 fully saturated rings. The first-order chi connectivity index (χ1) is 9.52. The van der Waals surface area contributed by atoms with Gasteiger partial charge in [0, 0.05) is 18.0 Å². The first-order valence-corrected chi connectivity index (χ1v) is 5.59. The van der Waals surface area contributed by atoms with E-state index in [1.807, 2.05) is 0 Å². The Hall–Kier alpha value is -2.24. The number of halogens is 5. The maximum Gasteiger partial charge on any atom is 0.200 e. The molecule has 0 bridgehead atoms. The van der Waals surface area contributed by atoms with Crippen LogP contribution in [0.5, 0.6) is 0 Å². The number of aromatic nitrogens is 1. The van der Waals surface area contributed by atoms with E-state index < -0.39 is 41.1 Å². The third-order valence-corrected chi connectivity index (χ3v) is 2.62. The molecule has 0 atom stereocenters. The highest BCUT2D eigenvalue weighted by Gasteiger charge is 2.24. The van der Waals surface area contributed by atoms with E-state index in [-0.39, 0.29) is 0 Å². The minimum Gasteiger partial charge on any atom is -0.264 e. The molecule has 0 saturated heterocycles. The number of pyridine rings is 1. The van der Waals surface area contributed by atoms with E-state index >= 15 is 0 Å². The maximum absolute atomic E-state index is 13.4. The van der Waals surface area contributed by atoms with E-state index in [4.69, 9.17) is 0 Å². The number of hydrogen-bond donors (Lipinski definition) is 0. The van der Waals surface area contributed by atoms with Crippen molar-refractivity contribution in [2.45, 2.75) is 6.42 Å². The molecule has 2 aromatic rings. The van der Waals surface area contributed by atoms with Gasteiger partial charge in [0.05, 0.1) is 0 Å². The quantitative estimate of drug-likeness (QED) is 0.471. The zero-order chi connectivity index (χ0) is 14.7. The zero-order valence-electron chi connectivity index (χ0n) is 10.0. The van der Waals surface area contributed by atoms with Crippen molar-refractivity contribution in [3.63, 3.8) is 0 Å². The molecule has 0 unspecified atom stereocenters. The van der Waals surface area contributed by atoms with Crippen molar-refractivity contribution in [2.24, 2.45) is 0 Å². The number of nitrogens with zero attached hydrogens (tertiary/aromatic N) is 1. The largest absolute Gasteiger partial charge is 0.264 e. The van der Waals surface area contributed by atoms with Crippen LogP contribution in [0.15, 0.2) is 30.6 Å². The van der Waals surface area contributed by atoms with Gasteiger partial charge in [-0.2, -0.15) is 0 Å². The van der Waals surface area contributed by atoms with Crippen molar-refractivity contribution in [3.8, 4) is 0 Å². The van der Waals surface area contributed by atoms with Gasteiger partial charge in [-0.3, -0.25) is 4.98 Å². The lowest BCUT2D eigenvalue weighted by Gasteiger charge is -2.05. The molecule has 1 nitrogen and oxygen atoms in total. The summed E-state index contributed by atoms with van der Waals surface area (Å²) in [6.45, 7) is 0. The van der Waals surface area contributed by atoms with E-state index in [1.165, 1.54) is 18.3 Å². The van der Waals surface area contributed by atoms with Gasteiger partial charge < -0.3 is 0 Å². The van der Waals surface area contributed by atoms with Crippen molar-refractivity contribution in [2.75, 3.05) is 0 Å². The Labute approximate surface area is 111 Å². The topological polar surface area (TPSA) is 12.9 Å². The monoisotopic (exact) mass is 285 g/mol. The minimum absolute atomic E-state index is 0.416. The molecule has 0 aliphatic carbocycles. The SMILES string of the molecule is Fc1c(F)c(F)c(C/C=C/c2cccnc2)c(F)c1F. The molecule has 0 radical (unpaired) electrons. The van der Waals surface area contributed by atoms with Gasteiger partial charge in [0.15, 0.2) is 23.3 Å². The van der Waals surface area contributed by atoms with Crippen molar-refractivity contribution >= 4 is 6.08 Å². The minimum atomic E-state index is -2.15. The summed E-state index contributed by atoms with van der Waals surface area (Å²) < 4.78 is 65.5. The van der Waals surface area contributed by atoms with Crippen LogP contribution in [-0.2, 0) is 6.42 Å². The highest BCUT2D eigenvalue weighted by molar-refractivity contribution is 5.48. The fraction of sp³-hybridized carbons (Fsp3) is 0.0714. The third-order valence-electron chi connectivity index (χ3n) is 2.62. The van der Waals surface area contributed by atoms with Crippen LogP contribution in [0.4, 0.5) is 22.0 Å². The molecule has 1 heterocycles. The summed E-state index contributed by atoms with van der Waals surface area (Å²) in [5.41, 5.74) is -0.210. The predicted molar refractivity (Wildman–Crippen MR) is 63.2 cm³/mol. The van der Waals surface area contributed by atoms with E-state index in [2.05, 4.69) is 4.98 Å². The van der Waals surface area contributed by atoms with Crippen molar-refractivity contribution < 1.29 is 22.0 Å². The molecule has 0 N–H and O–H groups in total. The van der Waals surface area contributed by atoms with E-state index in [9.17, 15) is 22.0 Å². The van der Waals surface area contributed by atoms with E-state index in [0.29, 0.717) is 5.56 Å². The van der Waals surface area contributed by atoms with Gasteiger partial charge in [0.1, 0.15) is 0 Å². The number of hydrogen-bond acceptors (Lipinski definition) is 1. The molecule has 2 rings (SSSR count). The lowest BCUT2D eigenvalue weighted by molar-refractivity contribution is 0.371. The van der Waals surface area contributed by atoms with Gasteiger partial charge in [-0.25, -0.2) is 22.0 Å². The lowest BCUT2D eigenvalue weighted by atomic mass is 10.1. The number of rotatable bonds is 3. The van der Waals surface area contributed by atoms with Crippen LogP contribution in [0.3, 0.4) is 0 Å². The van der Waals surface area contributed by atoms with E-state index in [1.54, 1.807) is 18.3 Å². The molecule has 0 aliphatic heterocycles. The Morgan fingerprint density at radius 2 is 1.50 bits per heavy atom. The number of benzene rings is 1. The Bertz CT molecular complexity index is 623. The normalized spacial score (nSPS) is 11.2. The van der Waals surface area contributed by atoms with Crippen LogP contribution in [0.1, 0.15) is 11.1 Å². The Morgan fingerprint density at radius 3 is 2.05 bits per heavy atom. The Balaban J connectivity index is 2.29. The van der Waals surface area contributed by atoms with Crippen LogP contribution in [-0.4, -0.2) is 4.98 Å². The second-order valence-corrected chi connectivity index (χ2v) is 3.94. The summed E-state index contributed by atoms with van der Waals surface area (Å²) in [6, 6.07) is 3.33. The smallest absolute Gasteiger partial charge is 0.200 e. The fourth-order valence-electron chi connectivity index (χ4n) is 1.62. The summed E-state index contributed by atoms with van der Waals surface area (Å²) in [4.78, 5) is 3.82. The Morgan fingerprint density at radius 1 is 0.900 bits per heavy atom. The summed E-state index contributed by atoms with van der Waals surface area (Å²) >= 11 is 0. The molecular weight excluding hydrogens is 277 g/mol. The molecule has 0 spiro atoms. The molecule has 1 aromatic heterocycles. The average molecular weight is 285 g/mol. The summed E-state index contributed by atoms with van der Waals surface area (Å²) in [5.74, 6) is -9.64. The van der Waals surface area contributed by atoms with Crippen molar-refractivity contribution in [3.05, 3.63) is 70.8 Å². The molecule has 20 heavy (non-hydrogen) atoms. The van der Waals surface area contributed by atoms with Crippen molar-refractivity contribution in [1.82, 2.24) is 4.98 Å². The van der Waals surface area contributed by atoms with Crippen LogP contribution in [0, 0.1) is 29.1 Å². The van der Waals surface area contributed by atoms with Gasteiger partial charge in [-0.1, -0.05) is 18.2 Å². The van der Waals surface area contributed by atoms with Crippen LogP contribution < -0.4 is 0 Å². The predicted octanol–water partition coefficient (Wildman–Crippen LogP) is 4.03. The highest BCUT2D eigenvalue weighted by atomic mass is 19.2. The second-order valence-electron chi connectivity index (χ2n) is 3.94. The lowest BCUT2D eigenvalue weighted by Crippen LogP contribution is -2.06. The zero-order valence-corrected chi connectivity index (χ0v) is 10.0. The van der Waals surface area contributed by atoms with Gasteiger partial charge in [0.2, 0.25) is 5.82 Å². The molecule has 1 aromatic carbocycles. The molecule has 104 valence electrons. The maximum atomic E-state index is 13.4. The molecular formula is C14H8F5N. The van der Waals surface area contributed by atoms with Crippen LogP contribution >= 0.6 is 0 Å². The van der Waals surface area contributed by atoms with Gasteiger partial charge in [-0.05, 0) is 18.1 Å². The summed E-state index contributed by atoms with van der Waals surface area (Å²) in [6.07, 6.45) is 5.40. The average Bonchev–Trinajstić information content (AvgIpc) is 2.48. The summed E-state index contributed by atoms with van der Waals surface area (Å²) in [5, 5.41) is 0. The van der Waals surface area contributed by atoms with Crippen LogP contribution in [0.25, 0.3) is 6.08 Å². The Kier molecular flexibility index (Phi) is 4.12. The first-order valence-electron chi connectivity index (χ1n) is 5.59. The van der Waals surface area contributed by atoms with Gasteiger partial charge >= 0.3 is 0 Å². The molecule has 0 saturated carbocycles. The van der Waals surface area contributed by atoms with Crippen LogP contribution in [0.2, 0.25) is 0 Å². The molecule has 0 aliphatic rings. The van der Waals surface area contributed by atoms with E-state index in [0.717, 1.165) is 0 Å². The molecule has 0 amide bonds. The number of allylic oxidation sites excluding steroid dienone is 1. The summed E-state index contributed by atoms with van der Waals surface area (Å²) in [7, 11) is 0.